The van der Waals surface area contributed by atoms with Gasteiger partial charge in [0.2, 0.25) is 11.8 Å². The van der Waals surface area contributed by atoms with E-state index in [9.17, 15) is 14.4 Å². The van der Waals surface area contributed by atoms with Gasteiger partial charge in [-0.1, -0.05) is 0 Å². The largest absolute Gasteiger partial charge is 0.326 e. The van der Waals surface area contributed by atoms with E-state index >= 15 is 0 Å². The summed E-state index contributed by atoms with van der Waals surface area (Å²) in [4.78, 5) is 39.3. The monoisotopic (exact) mass is 356 g/mol. The Labute approximate surface area is 150 Å². The molecule has 1 aliphatic rings. The molecule has 0 saturated heterocycles. The number of thiophene rings is 1. The summed E-state index contributed by atoms with van der Waals surface area (Å²) in [6, 6.07) is 9.27. The van der Waals surface area contributed by atoms with Crippen LogP contribution >= 0.6 is 11.3 Å². The molecule has 5 nitrogen and oxygen atoms in total. The Morgan fingerprint density at radius 1 is 1.16 bits per heavy atom. The van der Waals surface area contributed by atoms with E-state index in [1.54, 1.807) is 17.9 Å². The van der Waals surface area contributed by atoms with E-state index in [0.717, 1.165) is 22.5 Å². The van der Waals surface area contributed by atoms with Crippen molar-refractivity contribution < 1.29 is 14.4 Å². The maximum absolute atomic E-state index is 12.1. The number of hydrogen-bond donors (Lipinski definition) is 1. The number of nitrogens with zero attached hydrogens (tertiary/aromatic N) is 1. The van der Waals surface area contributed by atoms with Crippen molar-refractivity contribution in [3.05, 3.63) is 45.6 Å². The predicted octanol–water partition coefficient (Wildman–Crippen LogP) is 3.57. The minimum atomic E-state index is -0.178. The van der Waals surface area contributed by atoms with E-state index in [2.05, 4.69) is 5.32 Å². The summed E-state index contributed by atoms with van der Waals surface area (Å²) >= 11 is 1.45. The van der Waals surface area contributed by atoms with Gasteiger partial charge in [0.15, 0.2) is 5.78 Å². The predicted molar refractivity (Wildman–Crippen MR) is 99.4 cm³/mol. The lowest BCUT2D eigenvalue weighted by Gasteiger charge is -2.15. The number of carbonyl (C=O) groups excluding carboxylic acids is 3. The van der Waals surface area contributed by atoms with Crippen molar-refractivity contribution in [2.75, 3.05) is 16.8 Å². The summed E-state index contributed by atoms with van der Waals surface area (Å²) in [7, 11) is 0. The molecule has 1 aliphatic heterocycles. The number of Topliss-reactive ketones (excluding diaryl/α,β-unsaturated/α-hetero) is 1. The molecule has 130 valence electrons. The average molecular weight is 356 g/mol. The average Bonchev–Trinajstić information content (AvgIpc) is 3.18. The molecule has 25 heavy (non-hydrogen) atoms. The lowest BCUT2D eigenvalue weighted by Crippen LogP contribution is -2.25. The number of ketones is 1. The fourth-order valence-electron chi connectivity index (χ4n) is 2.96. The zero-order valence-corrected chi connectivity index (χ0v) is 15.1. The lowest BCUT2D eigenvalue weighted by atomic mass is 10.1. The van der Waals surface area contributed by atoms with Crippen LogP contribution in [0.5, 0.6) is 0 Å². The molecule has 0 fully saturated rings. The first-order chi connectivity index (χ1) is 11.9. The summed E-state index contributed by atoms with van der Waals surface area (Å²) in [5.74, 6) is -0.153. The highest BCUT2D eigenvalue weighted by molar-refractivity contribution is 7.14. The van der Waals surface area contributed by atoms with Crippen LogP contribution in [0.1, 0.15) is 39.9 Å². The Bertz CT molecular complexity index is 841. The first-order valence-electron chi connectivity index (χ1n) is 8.24. The molecule has 3 rings (SSSR count). The second kappa shape index (κ2) is 7.19. The van der Waals surface area contributed by atoms with Crippen molar-refractivity contribution in [3.63, 3.8) is 0 Å². The molecule has 0 saturated carbocycles. The number of amides is 2. The Balaban J connectivity index is 1.57. The standard InChI is InChI=1S/C19H20N2O3S/c1-12-3-7-18(25-12)17(23)6-8-19(24)20-15-4-5-16-14(11-15)9-10-21(16)13(2)22/h3-5,7,11H,6,8-10H2,1-2H3,(H,20,24). The van der Waals surface area contributed by atoms with E-state index in [-0.39, 0.29) is 30.4 Å². The Hall–Kier alpha value is -2.47. The van der Waals surface area contributed by atoms with Crippen molar-refractivity contribution in [2.45, 2.75) is 33.1 Å². The van der Waals surface area contributed by atoms with Gasteiger partial charge in [0.05, 0.1) is 4.88 Å². The first kappa shape index (κ1) is 17.4. The van der Waals surface area contributed by atoms with Crippen molar-refractivity contribution >= 4 is 40.3 Å². The molecule has 0 radical (unpaired) electrons. The number of aryl methyl sites for hydroxylation is 1. The smallest absolute Gasteiger partial charge is 0.224 e. The third kappa shape index (κ3) is 3.96. The molecule has 0 aliphatic carbocycles. The molecule has 6 heteroatoms. The van der Waals surface area contributed by atoms with Gasteiger partial charge in [-0.2, -0.15) is 0 Å². The minimum absolute atomic E-state index is 0.000645. The van der Waals surface area contributed by atoms with Gasteiger partial charge in [-0.05, 0) is 49.2 Å². The summed E-state index contributed by atoms with van der Waals surface area (Å²) in [6.45, 7) is 4.18. The van der Waals surface area contributed by atoms with Gasteiger partial charge in [-0.15, -0.1) is 11.3 Å². The van der Waals surface area contributed by atoms with E-state index in [4.69, 9.17) is 0 Å². The molecule has 0 unspecified atom stereocenters. The van der Waals surface area contributed by atoms with Crippen LogP contribution in [0.15, 0.2) is 30.3 Å². The fourth-order valence-corrected chi connectivity index (χ4v) is 3.80. The molecular formula is C19H20N2O3S. The van der Waals surface area contributed by atoms with Gasteiger partial charge >= 0.3 is 0 Å². The molecule has 1 aromatic heterocycles. The van der Waals surface area contributed by atoms with E-state index in [1.165, 1.54) is 11.3 Å². The summed E-state index contributed by atoms with van der Waals surface area (Å²) in [5, 5.41) is 2.84. The van der Waals surface area contributed by atoms with E-state index < -0.39 is 0 Å². The number of carbonyl (C=O) groups is 3. The van der Waals surface area contributed by atoms with Crippen LogP contribution in [0.3, 0.4) is 0 Å². The van der Waals surface area contributed by atoms with Crippen LogP contribution in [0, 0.1) is 6.92 Å². The highest BCUT2D eigenvalue weighted by Crippen LogP contribution is 2.30. The van der Waals surface area contributed by atoms with Crippen LogP contribution in [-0.4, -0.2) is 24.1 Å². The second-order valence-electron chi connectivity index (χ2n) is 6.15. The van der Waals surface area contributed by atoms with Crippen molar-refractivity contribution in [2.24, 2.45) is 0 Å². The van der Waals surface area contributed by atoms with Crippen LogP contribution < -0.4 is 10.2 Å². The molecule has 1 aromatic carbocycles. The first-order valence-corrected chi connectivity index (χ1v) is 9.06. The number of anilines is 2. The van der Waals surface area contributed by atoms with E-state index in [1.807, 2.05) is 31.2 Å². The topological polar surface area (TPSA) is 66.5 Å². The molecule has 2 heterocycles. The highest BCUT2D eigenvalue weighted by Gasteiger charge is 2.22. The third-order valence-electron chi connectivity index (χ3n) is 4.23. The summed E-state index contributed by atoms with van der Waals surface area (Å²) in [5.41, 5.74) is 2.67. The Morgan fingerprint density at radius 2 is 1.96 bits per heavy atom. The maximum atomic E-state index is 12.1. The minimum Gasteiger partial charge on any atom is -0.326 e. The number of benzene rings is 1. The molecule has 0 spiro atoms. The highest BCUT2D eigenvalue weighted by atomic mass is 32.1. The summed E-state index contributed by atoms with van der Waals surface area (Å²) < 4.78 is 0. The lowest BCUT2D eigenvalue weighted by molar-refractivity contribution is -0.117. The molecule has 0 bridgehead atoms. The molecule has 0 atom stereocenters. The van der Waals surface area contributed by atoms with Crippen molar-refractivity contribution in [1.29, 1.82) is 0 Å². The molecule has 2 amide bonds. The molecule has 2 aromatic rings. The van der Waals surface area contributed by atoms with Crippen LogP contribution in [0.2, 0.25) is 0 Å². The summed E-state index contributed by atoms with van der Waals surface area (Å²) in [6.07, 6.45) is 1.15. The van der Waals surface area contributed by atoms with Gasteiger partial charge in [0, 0.05) is 42.6 Å². The number of hydrogen-bond acceptors (Lipinski definition) is 4. The van der Waals surface area contributed by atoms with Crippen LogP contribution in [0.25, 0.3) is 0 Å². The SMILES string of the molecule is CC(=O)N1CCc2cc(NC(=O)CCC(=O)c3ccc(C)s3)ccc21. The molecule has 1 N–H and O–H groups in total. The van der Waals surface area contributed by atoms with Crippen LogP contribution in [0.4, 0.5) is 11.4 Å². The Morgan fingerprint density at radius 3 is 2.64 bits per heavy atom. The zero-order chi connectivity index (χ0) is 18.0. The van der Waals surface area contributed by atoms with Crippen molar-refractivity contribution in [3.8, 4) is 0 Å². The Kier molecular flexibility index (Phi) is 4.99. The van der Waals surface area contributed by atoms with E-state index in [0.29, 0.717) is 17.1 Å². The maximum Gasteiger partial charge on any atom is 0.224 e. The van der Waals surface area contributed by atoms with Crippen LogP contribution in [-0.2, 0) is 16.0 Å². The van der Waals surface area contributed by atoms with Gasteiger partial charge in [-0.25, -0.2) is 0 Å². The van der Waals surface area contributed by atoms with Gasteiger partial charge < -0.3 is 10.2 Å². The zero-order valence-electron chi connectivity index (χ0n) is 14.3. The normalized spacial score (nSPS) is 12.8. The number of nitrogens with one attached hydrogen (secondary N) is 1. The quantitative estimate of drug-likeness (QED) is 0.833. The second-order valence-corrected chi connectivity index (χ2v) is 7.43. The van der Waals surface area contributed by atoms with Gasteiger partial charge in [-0.3, -0.25) is 14.4 Å². The fraction of sp³-hybridized carbons (Fsp3) is 0.316. The number of rotatable bonds is 5. The molecular weight excluding hydrogens is 336 g/mol. The number of fused-ring (bicyclic) bond motifs is 1. The third-order valence-corrected chi connectivity index (χ3v) is 5.27. The van der Waals surface area contributed by atoms with Gasteiger partial charge in [0.1, 0.15) is 0 Å². The van der Waals surface area contributed by atoms with Gasteiger partial charge in [0.25, 0.3) is 0 Å². The van der Waals surface area contributed by atoms with Crippen molar-refractivity contribution in [1.82, 2.24) is 0 Å².